The van der Waals surface area contributed by atoms with E-state index in [0.717, 1.165) is 12.1 Å². The SMILES string of the molecule is COC(CN)CC(=O)Nc1cnn(-c2cccc(C(F)(F)F)c2)c1. The molecule has 0 aliphatic heterocycles. The van der Waals surface area contributed by atoms with Crippen molar-refractivity contribution in [1.82, 2.24) is 9.78 Å². The molecule has 130 valence electrons. The van der Waals surface area contributed by atoms with Crippen molar-refractivity contribution in [2.75, 3.05) is 19.0 Å². The Kier molecular flexibility index (Phi) is 5.58. The van der Waals surface area contributed by atoms with Crippen LogP contribution in [0.25, 0.3) is 5.69 Å². The largest absolute Gasteiger partial charge is 0.416 e. The number of carbonyl (C=O) groups is 1. The molecule has 3 N–H and O–H groups in total. The zero-order valence-corrected chi connectivity index (χ0v) is 12.9. The molecule has 6 nitrogen and oxygen atoms in total. The van der Waals surface area contributed by atoms with E-state index in [2.05, 4.69) is 10.4 Å². The summed E-state index contributed by atoms with van der Waals surface area (Å²) in [6, 6.07) is 4.74. The standard InChI is InChI=1S/C15H17F3N4O2/c1-24-13(7-19)6-14(23)21-11-8-20-22(9-11)12-4-2-3-10(5-12)15(16,17)18/h2-5,8-9,13H,6-7,19H2,1H3,(H,21,23). The zero-order valence-electron chi connectivity index (χ0n) is 12.9. The highest BCUT2D eigenvalue weighted by Crippen LogP contribution is 2.30. The molecule has 1 aromatic carbocycles. The van der Waals surface area contributed by atoms with Crippen molar-refractivity contribution in [2.24, 2.45) is 5.73 Å². The van der Waals surface area contributed by atoms with Gasteiger partial charge in [-0.05, 0) is 18.2 Å². The Morgan fingerprint density at radius 1 is 1.46 bits per heavy atom. The summed E-state index contributed by atoms with van der Waals surface area (Å²) in [4.78, 5) is 11.8. The number of carbonyl (C=O) groups excluding carboxylic acids is 1. The fraction of sp³-hybridized carbons (Fsp3) is 0.333. The average Bonchev–Trinajstić information content (AvgIpc) is 3.00. The van der Waals surface area contributed by atoms with Gasteiger partial charge in [-0.25, -0.2) is 4.68 Å². The van der Waals surface area contributed by atoms with Crippen LogP contribution in [0.2, 0.25) is 0 Å². The minimum atomic E-state index is -4.43. The predicted octanol–water partition coefficient (Wildman–Crippen LogP) is 2.19. The number of rotatable bonds is 6. The van der Waals surface area contributed by atoms with Gasteiger partial charge < -0.3 is 15.8 Å². The van der Waals surface area contributed by atoms with Crippen molar-refractivity contribution in [3.05, 3.63) is 42.2 Å². The molecule has 0 saturated carbocycles. The number of hydrogen-bond donors (Lipinski definition) is 2. The molecule has 9 heteroatoms. The summed E-state index contributed by atoms with van der Waals surface area (Å²) < 4.78 is 44.5. The van der Waals surface area contributed by atoms with E-state index >= 15 is 0 Å². The quantitative estimate of drug-likeness (QED) is 0.843. The molecule has 2 aromatic rings. The number of hydrogen-bond acceptors (Lipinski definition) is 4. The molecule has 2 rings (SSSR count). The number of ether oxygens (including phenoxy) is 1. The molecular weight excluding hydrogens is 325 g/mol. The number of methoxy groups -OCH3 is 1. The van der Waals surface area contributed by atoms with Crippen LogP contribution in [0.5, 0.6) is 0 Å². The number of anilines is 1. The molecule has 1 atom stereocenters. The highest BCUT2D eigenvalue weighted by Gasteiger charge is 2.30. The molecule has 1 aromatic heterocycles. The first-order valence-electron chi connectivity index (χ1n) is 7.08. The number of halogens is 3. The Labute approximate surface area is 136 Å². The first-order valence-corrected chi connectivity index (χ1v) is 7.08. The summed E-state index contributed by atoms with van der Waals surface area (Å²) in [5.74, 6) is -0.323. The van der Waals surface area contributed by atoms with Crippen LogP contribution in [0.1, 0.15) is 12.0 Å². The second-order valence-electron chi connectivity index (χ2n) is 5.07. The zero-order chi connectivity index (χ0) is 17.7. The van der Waals surface area contributed by atoms with Gasteiger partial charge in [-0.3, -0.25) is 4.79 Å². The van der Waals surface area contributed by atoms with Crippen molar-refractivity contribution in [2.45, 2.75) is 18.7 Å². The van der Waals surface area contributed by atoms with E-state index < -0.39 is 17.8 Å². The van der Waals surface area contributed by atoms with E-state index in [1.807, 2.05) is 0 Å². The maximum absolute atomic E-state index is 12.7. The second kappa shape index (κ2) is 7.45. The summed E-state index contributed by atoms with van der Waals surface area (Å²) in [7, 11) is 1.45. The number of alkyl halides is 3. The fourth-order valence-electron chi connectivity index (χ4n) is 2.03. The number of amides is 1. The number of benzene rings is 1. The molecular formula is C15H17F3N4O2. The minimum absolute atomic E-state index is 0.0712. The van der Waals surface area contributed by atoms with Crippen molar-refractivity contribution in [3.63, 3.8) is 0 Å². The lowest BCUT2D eigenvalue weighted by Gasteiger charge is -2.11. The summed E-state index contributed by atoms with van der Waals surface area (Å²) in [5.41, 5.74) is 5.27. The Balaban J connectivity index is 2.10. The maximum Gasteiger partial charge on any atom is 0.416 e. The Morgan fingerprint density at radius 2 is 2.21 bits per heavy atom. The highest BCUT2D eigenvalue weighted by molar-refractivity contribution is 5.90. The third-order valence-corrected chi connectivity index (χ3v) is 3.31. The van der Waals surface area contributed by atoms with Crippen LogP contribution in [-0.4, -0.2) is 35.4 Å². The van der Waals surface area contributed by atoms with Crippen LogP contribution in [0.3, 0.4) is 0 Å². The Bertz CT molecular complexity index is 696. The van der Waals surface area contributed by atoms with Gasteiger partial charge in [0.05, 0.1) is 41.9 Å². The van der Waals surface area contributed by atoms with Crippen molar-refractivity contribution < 1.29 is 22.7 Å². The van der Waals surface area contributed by atoms with E-state index in [4.69, 9.17) is 10.5 Å². The third-order valence-electron chi connectivity index (χ3n) is 3.31. The number of nitrogens with two attached hydrogens (primary N) is 1. The van der Waals surface area contributed by atoms with E-state index in [9.17, 15) is 18.0 Å². The van der Waals surface area contributed by atoms with Crippen LogP contribution in [-0.2, 0) is 15.7 Å². The Hall–Kier alpha value is -2.39. The summed E-state index contributed by atoms with van der Waals surface area (Å²) in [6.07, 6.45) is -1.98. The van der Waals surface area contributed by atoms with Crippen LogP contribution in [0.4, 0.5) is 18.9 Å². The molecule has 24 heavy (non-hydrogen) atoms. The van der Waals surface area contributed by atoms with Gasteiger partial charge in [0, 0.05) is 13.7 Å². The van der Waals surface area contributed by atoms with E-state index in [1.165, 1.54) is 36.3 Å². The lowest BCUT2D eigenvalue weighted by atomic mass is 10.2. The Morgan fingerprint density at radius 3 is 2.83 bits per heavy atom. The summed E-state index contributed by atoms with van der Waals surface area (Å²) in [5, 5.41) is 6.56. The van der Waals surface area contributed by atoms with Crippen molar-refractivity contribution >= 4 is 11.6 Å². The van der Waals surface area contributed by atoms with Gasteiger partial charge >= 0.3 is 6.18 Å². The van der Waals surface area contributed by atoms with Gasteiger partial charge in [-0.15, -0.1) is 0 Å². The van der Waals surface area contributed by atoms with Crippen LogP contribution < -0.4 is 11.1 Å². The van der Waals surface area contributed by atoms with Crippen molar-refractivity contribution in [1.29, 1.82) is 0 Å². The van der Waals surface area contributed by atoms with Gasteiger partial charge in [0.2, 0.25) is 5.91 Å². The second-order valence-corrected chi connectivity index (χ2v) is 5.07. The molecule has 0 saturated heterocycles. The van der Waals surface area contributed by atoms with E-state index in [0.29, 0.717) is 5.69 Å². The summed E-state index contributed by atoms with van der Waals surface area (Å²) in [6.45, 7) is 0.202. The molecule has 0 bridgehead atoms. The number of aromatic nitrogens is 2. The fourth-order valence-corrected chi connectivity index (χ4v) is 2.03. The molecule has 0 aliphatic carbocycles. The first kappa shape index (κ1) is 18.0. The van der Waals surface area contributed by atoms with Crippen LogP contribution >= 0.6 is 0 Å². The molecule has 0 radical (unpaired) electrons. The smallest absolute Gasteiger partial charge is 0.380 e. The minimum Gasteiger partial charge on any atom is -0.380 e. The summed E-state index contributed by atoms with van der Waals surface area (Å²) >= 11 is 0. The topological polar surface area (TPSA) is 82.2 Å². The molecule has 0 spiro atoms. The van der Waals surface area contributed by atoms with Gasteiger partial charge in [0.1, 0.15) is 0 Å². The van der Waals surface area contributed by atoms with Crippen LogP contribution in [0, 0.1) is 0 Å². The molecule has 1 heterocycles. The molecule has 0 aliphatic rings. The van der Waals surface area contributed by atoms with Gasteiger partial charge in [0.25, 0.3) is 0 Å². The normalized spacial score (nSPS) is 12.9. The van der Waals surface area contributed by atoms with Gasteiger partial charge in [-0.1, -0.05) is 6.07 Å². The predicted molar refractivity (Wildman–Crippen MR) is 81.7 cm³/mol. The molecule has 1 unspecified atom stereocenters. The number of nitrogens with zero attached hydrogens (tertiary/aromatic N) is 2. The molecule has 1 amide bonds. The van der Waals surface area contributed by atoms with E-state index in [1.54, 1.807) is 0 Å². The lowest BCUT2D eigenvalue weighted by Crippen LogP contribution is -2.28. The monoisotopic (exact) mass is 342 g/mol. The van der Waals surface area contributed by atoms with Crippen LogP contribution in [0.15, 0.2) is 36.7 Å². The highest BCUT2D eigenvalue weighted by atomic mass is 19.4. The van der Waals surface area contributed by atoms with Crippen molar-refractivity contribution in [3.8, 4) is 5.69 Å². The number of nitrogens with one attached hydrogen (secondary N) is 1. The lowest BCUT2D eigenvalue weighted by molar-refractivity contribution is -0.137. The first-order chi connectivity index (χ1) is 11.3. The molecule has 0 fully saturated rings. The van der Waals surface area contributed by atoms with E-state index in [-0.39, 0.29) is 24.6 Å². The van der Waals surface area contributed by atoms with Gasteiger partial charge in [0.15, 0.2) is 0 Å². The average molecular weight is 342 g/mol. The third kappa shape index (κ3) is 4.56. The van der Waals surface area contributed by atoms with Gasteiger partial charge in [-0.2, -0.15) is 18.3 Å². The maximum atomic E-state index is 12.7.